The van der Waals surface area contributed by atoms with Crippen LogP contribution < -0.4 is 15.4 Å². The third kappa shape index (κ3) is 4.80. The summed E-state index contributed by atoms with van der Waals surface area (Å²) in [6.45, 7) is 4.58. The van der Waals surface area contributed by atoms with E-state index in [0.717, 1.165) is 33.2 Å². The topological polar surface area (TPSA) is 121 Å². The minimum absolute atomic E-state index is 0.278. The number of nitrogens with one attached hydrogen (secondary N) is 4. The molecule has 38 heavy (non-hydrogen) atoms. The van der Waals surface area contributed by atoms with Crippen LogP contribution in [0.25, 0.3) is 27.5 Å². The molecule has 0 atom stereocenters. The molecule has 0 spiro atoms. The van der Waals surface area contributed by atoms with Crippen molar-refractivity contribution in [2.24, 2.45) is 0 Å². The summed E-state index contributed by atoms with van der Waals surface area (Å²) in [4.78, 5) is 32.2. The minimum Gasteiger partial charge on any atom is -0.489 e. The maximum Gasteiger partial charge on any atom is 0.276 e. The van der Waals surface area contributed by atoms with Crippen LogP contribution in [0, 0.1) is 0 Å². The van der Waals surface area contributed by atoms with Crippen molar-refractivity contribution in [2.45, 2.75) is 6.61 Å². The first-order chi connectivity index (χ1) is 18.6. The van der Waals surface area contributed by atoms with Crippen LogP contribution in [0.1, 0.15) is 21.6 Å². The van der Waals surface area contributed by atoms with E-state index in [1.165, 1.54) is 0 Å². The second-order valence-electron chi connectivity index (χ2n) is 8.64. The van der Waals surface area contributed by atoms with Gasteiger partial charge in [-0.15, -0.1) is 0 Å². The van der Waals surface area contributed by atoms with Crippen LogP contribution in [0.3, 0.4) is 0 Å². The van der Waals surface area contributed by atoms with Gasteiger partial charge >= 0.3 is 0 Å². The molecule has 0 unspecified atom stereocenters. The van der Waals surface area contributed by atoms with Gasteiger partial charge in [0.25, 0.3) is 5.91 Å². The Morgan fingerprint density at radius 2 is 1.82 bits per heavy atom. The molecular weight excluding hydrogens is 478 g/mol. The van der Waals surface area contributed by atoms with Gasteiger partial charge in [-0.2, -0.15) is 0 Å². The van der Waals surface area contributed by atoms with Gasteiger partial charge < -0.3 is 20.0 Å². The molecule has 6 aromatic rings. The highest BCUT2D eigenvalue weighted by Crippen LogP contribution is 2.25. The molecule has 0 aliphatic rings. The molecule has 0 saturated carbocycles. The molecule has 3 aromatic carbocycles. The Labute approximate surface area is 217 Å². The molecule has 0 bridgehead atoms. The molecule has 186 valence electrons. The fraction of sp³-hybridized carbons (Fsp3) is 0.0345. The first-order valence-corrected chi connectivity index (χ1v) is 11.9. The number of H-pyrrole nitrogens is 2. The first-order valence-electron chi connectivity index (χ1n) is 11.9. The number of para-hydroxylation sites is 1. The molecule has 3 aromatic heterocycles. The van der Waals surface area contributed by atoms with Crippen molar-refractivity contribution in [1.29, 1.82) is 0 Å². The van der Waals surface area contributed by atoms with Crippen LogP contribution in [0.2, 0.25) is 0 Å². The molecule has 0 aliphatic heterocycles. The van der Waals surface area contributed by atoms with E-state index in [2.05, 4.69) is 42.1 Å². The highest BCUT2D eigenvalue weighted by Gasteiger charge is 2.14. The number of imidazole rings is 2. The van der Waals surface area contributed by atoms with E-state index in [1.54, 1.807) is 24.7 Å². The fourth-order valence-corrected chi connectivity index (χ4v) is 4.12. The number of benzene rings is 3. The predicted octanol–water partition coefficient (Wildman–Crippen LogP) is 5.75. The molecule has 0 saturated heterocycles. The summed E-state index contributed by atoms with van der Waals surface area (Å²) in [6, 6.07) is 23.1. The van der Waals surface area contributed by atoms with Crippen LogP contribution in [-0.2, 0) is 6.61 Å². The number of nitrogens with zero attached hydrogens (tertiary/aromatic N) is 3. The Kier molecular flexibility index (Phi) is 5.99. The van der Waals surface area contributed by atoms with Crippen molar-refractivity contribution in [3.63, 3.8) is 0 Å². The van der Waals surface area contributed by atoms with Crippen LogP contribution in [0.5, 0.6) is 5.75 Å². The number of aromatic amines is 2. The van der Waals surface area contributed by atoms with E-state index in [4.69, 9.17) is 4.74 Å². The maximum absolute atomic E-state index is 13.0. The predicted molar refractivity (Wildman–Crippen MR) is 148 cm³/mol. The smallest absolute Gasteiger partial charge is 0.276 e. The van der Waals surface area contributed by atoms with Crippen LogP contribution >= 0.6 is 0 Å². The van der Waals surface area contributed by atoms with Crippen molar-refractivity contribution in [3.05, 3.63) is 115 Å². The molecule has 9 heteroatoms. The average Bonchev–Trinajstić information content (AvgIpc) is 3.61. The summed E-state index contributed by atoms with van der Waals surface area (Å²) in [7, 11) is 0. The molecule has 0 aliphatic carbocycles. The Hall–Kier alpha value is -5.44. The third-order valence-electron chi connectivity index (χ3n) is 6.01. The van der Waals surface area contributed by atoms with Gasteiger partial charge in [0.1, 0.15) is 18.1 Å². The van der Waals surface area contributed by atoms with E-state index >= 15 is 0 Å². The normalized spacial score (nSPS) is 10.9. The number of anilines is 2. The minimum atomic E-state index is -0.371. The lowest BCUT2D eigenvalue weighted by Gasteiger charge is -2.08. The summed E-state index contributed by atoms with van der Waals surface area (Å²) < 4.78 is 5.91. The number of hydrogen-bond donors (Lipinski definition) is 4. The Morgan fingerprint density at radius 1 is 0.921 bits per heavy atom. The largest absolute Gasteiger partial charge is 0.489 e. The number of carbonyl (C=O) groups is 1. The number of pyridine rings is 1. The lowest BCUT2D eigenvalue weighted by atomic mass is 10.1. The van der Waals surface area contributed by atoms with Gasteiger partial charge in [0.2, 0.25) is 11.9 Å². The summed E-state index contributed by atoms with van der Waals surface area (Å²) in [5.74, 6) is 1.26. The van der Waals surface area contributed by atoms with Gasteiger partial charge in [0, 0.05) is 35.2 Å². The van der Waals surface area contributed by atoms with Crippen LogP contribution in [0.4, 0.5) is 11.9 Å². The number of carbonyl (C=O) groups excluding carboxylic acids is 1. The van der Waals surface area contributed by atoms with Crippen molar-refractivity contribution < 1.29 is 9.53 Å². The zero-order chi connectivity index (χ0) is 25.9. The van der Waals surface area contributed by atoms with E-state index in [-0.39, 0.29) is 11.6 Å². The van der Waals surface area contributed by atoms with Gasteiger partial charge in [0.15, 0.2) is 0 Å². The average molecular weight is 502 g/mol. The highest BCUT2D eigenvalue weighted by atomic mass is 16.5. The summed E-state index contributed by atoms with van der Waals surface area (Å²) >= 11 is 0. The summed E-state index contributed by atoms with van der Waals surface area (Å²) in [6.07, 6.45) is 5.04. The van der Waals surface area contributed by atoms with Gasteiger partial charge in [-0.25, -0.2) is 9.97 Å². The summed E-state index contributed by atoms with van der Waals surface area (Å²) in [5, 5.41) is 7.69. The Bertz CT molecular complexity index is 1760. The Balaban J connectivity index is 1.17. The van der Waals surface area contributed by atoms with E-state index in [1.807, 2.05) is 66.7 Å². The van der Waals surface area contributed by atoms with E-state index in [0.29, 0.717) is 29.7 Å². The molecule has 6 rings (SSSR count). The molecule has 4 N–H and O–H groups in total. The SMILES string of the molecule is C=C(Nc1ncc[nH]1)c1cccc2[nH]c(NC(=O)c3cc4ccc(OCc5ccccc5)cc4cn3)nc12. The van der Waals surface area contributed by atoms with Crippen molar-refractivity contribution in [3.8, 4) is 5.75 Å². The zero-order valence-corrected chi connectivity index (χ0v) is 20.2. The van der Waals surface area contributed by atoms with Crippen LogP contribution in [0.15, 0.2) is 98.0 Å². The van der Waals surface area contributed by atoms with Gasteiger partial charge in [0.05, 0.1) is 11.0 Å². The van der Waals surface area contributed by atoms with Gasteiger partial charge in [-0.3, -0.25) is 15.1 Å². The van der Waals surface area contributed by atoms with E-state index in [9.17, 15) is 4.79 Å². The second kappa shape index (κ2) is 9.90. The molecule has 0 fully saturated rings. The van der Waals surface area contributed by atoms with Crippen molar-refractivity contribution in [2.75, 3.05) is 10.6 Å². The van der Waals surface area contributed by atoms with Gasteiger partial charge in [-0.1, -0.05) is 55.1 Å². The number of amides is 1. The molecule has 9 nitrogen and oxygen atoms in total. The Morgan fingerprint density at radius 3 is 2.66 bits per heavy atom. The van der Waals surface area contributed by atoms with Gasteiger partial charge in [-0.05, 0) is 35.2 Å². The monoisotopic (exact) mass is 501 g/mol. The maximum atomic E-state index is 13.0. The molecular formula is C29H23N7O2. The van der Waals surface area contributed by atoms with Crippen molar-refractivity contribution >= 4 is 45.3 Å². The molecule has 1 amide bonds. The lowest BCUT2D eigenvalue weighted by Crippen LogP contribution is -2.14. The highest BCUT2D eigenvalue weighted by molar-refractivity contribution is 6.05. The number of ether oxygens (including phenoxy) is 1. The lowest BCUT2D eigenvalue weighted by molar-refractivity contribution is 0.102. The summed E-state index contributed by atoms with van der Waals surface area (Å²) in [5.41, 5.74) is 4.20. The number of rotatable bonds is 8. The standard InChI is InChI=1S/C29H23N7O2/c1-18(33-28-30-12-13-31-28)23-8-5-9-24-26(23)35-29(34-24)36-27(37)25-15-20-10-11-22(14-21(20)16-32-25)38-17-19-6-3-2-4-7-19/h2-16H,1,17H2,(H2,30,31,33)(H2,34,35,36,37). The fourth-order valence-electron chi connectivity index (χ4n) is 4.12. The van der Waals surface area contributed by atoms with E-state index < -0.39 is 0 Å². The third-order valence-corrected chi connectivity index (χ3v) is 6.01. The first kappa shape index (κ1) is 23.0. The van der Waals surface area contributed by atoms with Crippen molar-refractivity contribution in [1.82, 2.24) is 24.9 Å². The quantitative estimate of drug-likeness (QED) is 0.211. The van der Waals surface area contributed by atoms with Crippen LogP contribution in [-0.4, -0.2) is 30.8 Å². The molecule has 3 heterocycles. The number of fused-ring (bicyclic) bond motifs is 2. The second-order valence-corrected chi connectivity index (χ2v) is 8.64. The molecule has 0 radical (unpaired) electrons. The number of aromatic nitrogens is 5. The number of hydrogen-bond acceptors (Lipinski definition) is 6. The zero-order valence-electron chi connectivity index (χ0n) is 20.2.